The molecule has 0 saturated heterocycles. The van der Waals surface area contributed by atoms with Crippen molar-refractivity contribution in [3.05, 3.63) is 57.7 Å². The molecule has 0 atom stereocenters. The van der Waals surface area contributed by atoms with Crippen LogP contribution in [0.4, 0.5) is 5.69 Å². The van der Waals surface area contributed by atoms with Crippen LogP contribution in [-0.2, 0) is 7.05 Å². The standard InChI is InChI=1S/C18H19N3OS/c1-11-6-5-7-15(12(11)2)20-18(22)17-8-14(9-21(17)4)16-10-23-13(3)19-16/h5-10H,1-4H3,(H,20,22). The lowest BCUT2D eigenvalue weighted by Crippen LogP contribution is -2.16. The molecule has 0 aliphatic rings. The van der Waals surface area contributed by atoms with E-state index in [-0.39, 0.29) is 5.91 Å². The molecule has 0 spiro atoms. The van der Waals surface area contributed by atoms with E-state index < -0.39 is 0 Å². The molecule has 1 aromatic carbocycles. The zero-order valence-electron chi connectivity index (χ0n) is 13.7. The average Bonchev–Trinajstić information content (AvgIpc) is 3.10. The van der Waals surface area contributed by atoms with E-state index >= 15 is 0 Å². The van der Waals surface area contributed by atoms with Gasteiger partial charge in [-0.3, -0.25) is 4.79 Å². The Bertz CT molecular complexity index is 876. The number of hydrogen-bond donors (Lipinski definition) is 1. The molecule has 23 heavy (non-hydrogen) atoms. The Morgan fingerprint density at radius 1 is 1.26 bits per heavy atom. The second kappa shape index (κ2) is 6.01. The lowest BCUT2D eigenvalue weighted by Gasteiger charge is -2.10. The van der Waals surface area contributed by atoms with Crippen LogP contribution in [0, 0.1) is 20.8 Å². The highest BCUT2D eigenvalue weighted by Gasteiger charge is 2.15. The molecule has 3 rings (SSSR count). The van der Waals surface area contributed by atoms with Gasteiger partial charge in [0.1, 0.15) is 5.69 Å². The fraction of sp³-hybridized carbons (Fsp3) is 0.222. The zero-order chi connectivity index (χ0) is 16.6. The van der Waals surface area contributed by atoms with Gasteiger partial charge in [0.15, 0.2) is 0 Å². The van der Waals surface area contributed by atoms with Crippen LogP contribution in [0.25, 0.3) is 11.3 Å². The first-order chi connectivity index (χ1) is 11.0. The summed E-state index contributed by atoms with van der Waals surface area (Å²) in [6, 6.07) is 7.80. The monoisotopic (exact) mass is 325 g/mol. The smallest absolute Gasteiger partial charge is 0.272 e. The average molecular weight is 325 g/mol. The molecule has 0 aliphatic heterocycles. The highest BCUT2D eigenvalue weighted by Crippen LogP contribution is 2.24. The summed E-state index contributed by atoms with van der Waals surface area (Å²) in [7, 11) is 1.88. The van der Waals surface area contributed by atoms with Crippen molar-refractivity contribution in [2.24, 2.45) is 7.05 Å². The predicted octanol–water partition coefficient (Wildman–Crippen LogP) is 4.33. The lowest BCUT2D eigenvalue weighted by atomic mass is 10.1. The van der Waals surface area contributed by atoms with Crippen molar-refractivity contribution in [2.45, 2.75) is 20.8 Å². The molecule has 0 fully saturated rings. The molecular weight excluding hydrogens is 306 g/mol. The summed E-state index contributed by atoms with van der Waals surface area (Å²) in [4.78, 5) is 17.1. The zero-order valence-corrected chi connectivity index (χ0v) is 14.5. The SMILES string of the molecule is Cc1nc(-c2cc(C(=O)Nc3cccc(C)c3C)n(C)c2)cs1. The fourth-order valence-corrected chi connectivity index (χ4v) is 3.12. The number of aromatic nitrogens is 2. The number of carbonyl (C=O) groups excluding carboxylic acids is 1. The molecule has 2 aromatic heterocycles. The minimum absolute atomic E-state index is 0.112. The number of anilines is 1. The molecule has 0 saturated carbocycles. The van der Waals surface area contributed by atoms with Gasteiger partial charge in [-0.15, -0.1) is 11.3 Å². The highest BCUT2D eigenvalue weighted by molar-refractivity contribution is 7.09. The maximum Gasteiger partial charge on any atom is 0.272 e. The number of amides is 1. The van der Waals surface area contributed by atoms with Gasteiger partial charge in [0.2, 0.25) is 0 Å². The summed E-state index contributed by atoms with van der Waals surface area (Å²) in [6.45, 7) is 6.03. The Labute approximate surface area is 139 Å². The van der Waals surface area contributed by atoms with E-state index in [1.54, 1.807) is 11.3 Å². The Morgan fingerprint density at radius 3 is 2.74 bits per heavy atom. The first-order valence-electron chi connectivity index (χ1n) is 7.42. The van der Waals surface area contributed by atoms with E-state index in [1.807, 2.05) is 68.2 Å². The number of nitrogens with zero attached hydrogens (tertiary/aromatic N) is 2. The number of benzene rings is 1. The van der Waals surface area contributed by atoms with Crippen molar-refractivity contribution < 1.29 is 4.79 Å². The molecule has 4 nitrogen and oxygen atoms in total. The van der Waals surface area contributed by atoms with Crippen LogP contribution in [0.1, 0.15) is 26.6 Å². The third-order valence-corrected chi connectivity index (χ3v) is 4.78. The molecule has 3 aromatic rings. The maximum atomic E-state index is 12.6. The van der Waals surface area contributed by atoms with Crippen molar-refractivity contribution >= 4 is 22.9 Å². The van der Waals surface area contributed by atoms with Gasteiger partial charge in [0.25, 0.3) is 5.91 Å². The van der Waals surface area contributed by atoms with Gasteiger partial charge in [-0.05, 0) is 44.0 Å². The van der Waals surface area contributed by atoms with Crippen LogP contribution in [-0.4, -0.2) is 15.5 Å². The summed E-state index contributed by atoms with van der Waals surface area (Å²) in [5.41, 5.74) is 5.59. The minimum Gasteiger partial charge on any atom is -0.346 e. The molecule has 118 valence electrons. The number of rotatable bonds is 3. The summed E-state index contributed by atoms with van der Waals surface area (Å²) < 4.78 is 1.84. The van der Waals surface area contributed by atoms with Crippen molar-refractivity contribution in [3.8, 4) is 11.3 Å². The van der Waals surface area contributed by atoms with Crippen molar-refractivity contribution in [1.82, 2.24) is 9.55 Å². The first kappa shape index (κ1) is 15.5. The van der Waals surface area contributed by atoms with Gasteiger partial charge in [-0.25, -0.2) is 4.98 Å². The summed E-state index contributed by atoms with van der Waals surface area (Å²) in [6.07, 6.45) is 1.94. The molecule has 0 aliphatic carbocycles. The van der Waals surface area contributed by atoms with Gasteiger partial charge in [-0.1, -0.05) is 12.1 Å². The van der Waals surface area contributed by atoms with E-state index in [2.05, 4.69) is 10.3 Å². The lowest BCUT2D eigenvalue weighted by molar-refractivity contribution is 0.101. The van der Waals surface area contributed by atoms with Crippen LogP contribution < -0.4 is 5.32 Å². The molecule has 0 unspecified atom stereocenters. The Kier molecular flexibility index (Phi) is 4.05. The van der Waals surface area contributed by atoms with Gasteiger partial charge in [-0.2, -0.15) is 0 Å². The fourth-order valence-electron chi connectivity index (χ4n) is 2.50. The van der Waals surface area contributed by atoms with Crippen LogP contribution >= 0.6 is 11.3 Å². The van der Waals surface area contributed by atoms with E-state index in [9.17, 15) is 4.79 Å². The largest absolute Gasteiger partial charge is 0.346 e. The molecule has 0 radical (unpaired) electrons. The van der Waals surface area contributed by atoms with Crippen LogP contribution in [0.2, 0.25) is 0 Å². The van der Waals surface area contributed by atoms with Crippen molar-refractivity contribution in [3.63, 3.8) is 0 Å². The third kappa shape index (κ3) is 3.05. The van der Waals surface area contributed by atoms with Gasteiger partial charge < -0.3 is 9.88 Å². The molecular formula is C18H19N3OS. The minimum atomic E-state index is -0.112. The number of hydrogen-bond acceptors (Lipinski definition) is 3. The second-order valence-corrected chi connectivity index (χ2v) is 6.74. The van der Waals surface area contributed by atoms with Crippen LogP contribution in [0.5, 0.6) is 0 Å². The maximum absolute atomic E-state index is 12.6. The number of aryl methyl sites for hydroxylation is 3. The molecule has 2 heterocycles. The van der Waals surface area contributed by atoms with Gasteiger partial charge in [0.05, 0.1) is 10.7 Å². The summed E-state index contributed by atoms with van der Waals surface area (Å²) in [5.74, 6) is -0.112. The van der Waals surface area contributed by atoms with E-state index in [1.165, 1.54) is 0 Å². The topological polar surface area (TPSA) is 46.9 Å². The first-order valence-corrected chi connectivity index (χ1v) is 8.30. The molecule has 1 N–H and O–H groups in total. The molecule has 1 amide bonds. The van der Waals surface area contributed by atoms with E-state index in [0.717, 1.165) is 33.1 Å². The van der Waals surface area contributed by atoms with Crippen LogP contribution in [0.3, 0.4) is 0 Å². The number of thiazole rings is 1. The summed E-state index contributed by atoms with van der Waals surface area (Å²) in [5, 5.41) is 6.03. The van der Waals surface area contributed by atoms with E-state index in [0.29, 0.717) is 5.69 Å². The third-order valence-electron chi connectivity index (χ3n) is 4.01. The quantitative estimate of drug-likeness (QED) is 0.779. The molecule has 0 bridgehead atoms. The van der Waals surface area contributed by atoms with E-state index in [4.69, 9.17) is 0 Å². The predicted molar refractivity (Wildman–Crippen MR) is 95.1 cm³/mol. The van der Waals surface area contributed by atoms with Crippen LogP contribution in [0.15, 0.2) is 35.8 Å². The number of carbonyl (C=O) groups is 1. The van der Waals surface area contributed by atoms with Gasteiger partial charge in [0, 0.05) is 29.9 Å². The summed E-state index contributed by atoms with van der Waals surface area (Å²) >= 11 is 1.61. The van der Waals surface area contributed by atoms with Gasteiger partial charge >= 0.3 is 0 Å². The molecule has 5 heteroatoms. The highest BCUT2D eigenvalue weighted by atomic mass is 32.1. The Morgan fingerprint density at radius 2 is 2.04 bits per heavy atom. The normalized spacial score (nSPS) is 10.8. The van der Waals surface area contributed by atoms with Crippen molar-refractivity contribution in [1.29, 1.82) is 0 Å². The number of nitrogens with one attached hydrogen (secondary N) is 1. The van der Waals surface area contributed by atoms with Crippen molar-refractivity contribution in [2.75, 3.05) is 5.32 Å². The second-order valence-electron chi connectivity index (χ2n) is 5.68. The Balaban J connectivity index is 1.88. The Hall–Kier alpha value is -2.40.